The molecular weight excluding hydrogens is 538 g/mol. The van der Waals surface area contributed by atoms with Gasteiger partial charge >= 0.3 is 0 Å². The third kappa shape index (κ3) is 3.75. The minimum atomic E-state index is 0.668. The Bertz CT molecular complexity index is 2510. The molecule has 0 amide bonds. The normalized spacial score (nSPS) is 11.6. The minimum Gasteiger partial charge on any atom is -0.455 e. The van der Waals surface area contributed by atoms with Crippen LogP contribution in [0.4, 0.5) is 0 Å². The number of rotatable bonds is 3. The molecule has 0 aliphatic heterocycles. The van der Waals surface area contributed by atoms with E-state index in [9.17, 15) is 0 Å². The van der Waals surface area contributed by atoms with Gasteiger partial charge in [-0.15, -0.1) is 0 Å². The molecule has 2 heterocycles. The molecule has 0 spiro atoms. The van der Waals surface area contributed by atoms with Crippen molar-refractivity contribution in [2.45, 2.75) is 0 Å². The van der Waals surface area contributed by atoms with Gasteiger partial charge in [0, 0.05) is 21.5 Å². The standard InChI is InChI=1S/C41H23NO2/c42-24-25-9-11-26(12-10-25)27-13-15-28(16-14-27)29-17-18-31-22-32(20-19-30(31)21-29)39-40-35(33-5-1-3-7-37(33)43-40)23-36-34-6-2-4-8-38(34)44-41(36)39/h1-23H. The van der Waals surface area contributed by atoms with Gasteiger partial charge in [-0.25, -0.2) is 0 Å². The van der Waals surface area contributed by atoms with Crippen LogP contribution >= 0.6 is 0 Å². The molecule has 9 aromatic rings. The molecule has 0 fully saturated rings. The van der Waals surface area contributed by atoms with E-state index < -0.39 is 0 Å². The highest BCUT2D eigenvalue weighted by molar-refractivity contribution is 6.22. The zero-order valence-electron chi connectivity index (χ0n) is 23.5. The fourth-order valence-electron chi connectivity index (χ4n) is 6.47. The first-order chi connectivity index (χ1) is 21.7. The first-order valence-electron chi connectivity index (χ1n) is 14.6. The molecule has 204 valence electrons. The van der Waals surface area contributed by atoms with Crippen molar-refractivity contribution in [3.05, 3.63) is 145 Å². The van der Waals surface area contributed by atoms with Gasteiger partial charge in [0.05, 0.1) is 17.2 Å². The highest BCUT2D eigenvalue weighted by Gasteiger charge is 2.21. The number of nitrogens with zero attached hydrogens (tertiary/aromatic N) is 1. The van der Waals surface area contributed by atoms with Crippen molar-refractivity contribution in [3.8, 4) is 39.4 Å². The molecule has 0 radical (unpaired) electrons. The maximum absolute atomic E-state index is 9.09. The van der Waals surface area contributed by atoms with E-state index in [0.29, 0.717) is 5.56 Å². The molecule has 0 N–H and O–H groups in total. The van der Waals surface area contributed by atoms with Gasteiger partial charge in [0.15, 0.2) is 0 Å². The van der Waals surface area contributed by atoms with Gasteiger partial charge in [-0.3, -0.25) is 0 Å². The van der Waals surface area contributed by atoms with Gasteiger partial charge in [0.25, 0.3) is 0 Å². The average molecular weight is 562 g/mol. The SMILES string of the molecule is N#Cc1ccc(-c2ccc(-c3ccc4cc(-c5c6oc7ccccc7c6cc6c5oc5ccccc56)ccc4c3)cc2)cc1. The van der Waals surface area contributed by atoms with Crippen LogP contribution in [0.5, 0.6) is 0 Å². The van der Waals surface area contributed by atoms with Crippen LogP contribution in [0.15, 0.2) is 148 Å². The molecule has 44 heavy (non-hydrogen) atoms. The summed E-state index contributed by atoms with van der Waals surface area (Å²) >= 11 is 0. The Balaban J connectivity index is 1.16. The Morgan fingerprint density at radius 1 is 0.409 bits per heavy atom. The molecule has 0 bridgehead atoms. The molecule has 9 rings (SSSR count). The molecule has 0 aliphatic rings. The van der Waals surface area contributed by atoms with E-state index in [1.165, 1.54) is 5.39 Å². The highest BCUT2D eigenvalue weighted by Crippen LogP contribution is 2.45. The van der Waals surface area contributed by atoms with Crippen molar-refractivity contribution < 1.29 is 8.83 Å². The predicted octanol–water partition coefficient (Wildman–Crippen LogP) is 11.5. The van der Waals surface area contributed by atoms with E-state index in [1.54, 1.807) is 0 Å². The maximum atomic E-state index is 9.09. The number of para-hydroxylation sites is 2. The fourth-order valence-corrected chi connectivity index (χ4v) is 6.47. The van der Waals surface area contributed by atoms with Crippen LogP contribution in [0.25, 0.3) is 88.0 Å². The molecular formula is C41H23NO2. The third-order valence-electron chi connectivity index (χ3n) is 8.71. The van der Waals surface area contributed by atoms with Crippen LogP contribution < -0.4 is 0 Å². The molecule has 0 saturated heterocycles. The van der Waals surface area contributed by atoms with E-state index in [4.69, 9.17) is 14.1 Å². The summed E-state index contributed by atoms with van der Waals surface area (Å²) in [6.45, 7) is 0. The van der Waals surface area contributed by atoms with Crippen molar-refractivity contribution in [1.82, 2.24) is 0 Å². The van der Waals surface area contributed by atoms with Crippen LogP contribution in [0.2, 0.25) is 0 Å². The number of hydrogen-bond acceptors (Lipinski definition) is 3. The quantitative estimate of drug-likeness (QED) is 0.216. The second-order valence-electron chi connectivity index (χ2n) is 11.2. The Kier molecular flexibility index (Phi) is 5.26. The number of nitriles is 1. The Morgan fingerprint density at radius 3 is 1.43 bits per heavy atom. The van der Waals surface area contributed by atoms with E-state index >= 15 is 0 Å². The zero-order valence-corrected chi connectivity index (χ0v) is 23.5. The Hall–Kier alpha value is -6.11. The highest BCUT2D eigenvalue weighted by atomic mass is 16.3. The van der Waals surface area contributed by atoms with Gasteiger partial charge in [0.1, 0.15) is 22.3 Å². The summed E-state index contributed by atoms with van der Waals surface area (Å²) in [6, 6.07) is 50.3. The van der Waals surface area contributed by atoms with Crippen LogP contribution in [-0.4, -0.2) is 0 Å². The van der Waals surface area contributed by atoms with Crippen molar-refractivity contribution in [2.75, 3.05) is 0 Å². The van der Waals surface area contributed by atoms with E-state index in [2.05, 4.69) is 97.1 Å². The van der Waals surface area contributed by atoms with Crippen molar-refractivity contribution in [1.29, 1.82) is 5.26 Å². The summed E-state index contributed by atoms with van der Waals surface area (Å²) < 4.78 is 13.0. The smallest absolute Gasteiger partial charge is 0.147 e. The lowest BCUT2D eigenvalue weighted by molar-refractivity contribution is 0.658. The zero-order chi connectivity index (χ0) is 29.2. The van der Waals surface area contributed by atoms with E-state index in [0.717, 1.165) is 82.6 Å². The molecule has 0 saturated carbocycles. The second kappa shape index (κ2) is 9.46. The average Bonchev–Trinajstić information content (AvgIpc) is 3.65. The largest absolute Gasteiger partial charge is 0.455 e. The van der Waals surface area contributed by atoms with Crippen LogP contribution in [0, 0.1) is 11.3 Å². The summed E-state index contributed by atoms with van der Waals surface area (Å²) in [6.07, 6.45) is 0. The number of benzene rings is 7. The summed E-state index contributed by atoms with van der Waals surface area (Å²) in [7, 11) is 0. The lowest BCUT2D eigenvalue weighted by atomic mass is 9.94. The van der Waals surface area contributed by atoms with Crippen LogP contribution in [-0.2, 0) is 0 Å². The van der Waals surface area contributed by atoms with Crippen molar-refractivity contribution in [3.63, 3.8) is 0 Å². The third-order valence-corrected chi connectivity index (χ3v) is 8.71. The summed E-state index contributed by atoms with van der Waals surface area (Å²) in [5.41, 5.74) is 10.7. The molecule has 2 aromatic heterocycles. The predicted molar refractivity (Wildman–Crippen MR) is 180 cm³/mol. The van der Waals surface area contributed by atoms with Gasteiger partial charge in [-0.1, -0.05) is 97.1 Å². The first kappa shape index (κ1) is 24.5. The van der Waals surface area contributed by atoms with E-state index in [1.807, 2.05) is 48.5 Å². The second-order valence-corrected chi connectivity index (χ2v) is 11.2. The van der Waals surface area contributed by atoms with Crippen molar-refractivity contribution in [2.24, 2.45) is 0 Å². The Labute approximate surface area is 252 Å². The van der Waals surface area contributed by atoms with Gasteiger partial charge in [-0.05, 0) is 81.1 Å². The molecule has 3 heteroatoms. The van der Waals surface area contributed by atoms with Gasteiger partial charge in [0.2, 0.25) is 0 Å². The Morgan fingerprint density at radius 2 is 0.864 bits per heavy atom. The van der Waals surface area contributed by atoms with Crippen LogP contribution in [0.3, 0.4) is 0 Å². The fraction of sp³-hybridized carbons (Fsp3) is 0. The van der Waals surface area contributed by atoms with Gasteiger partial charge < -0.3 is 8.83 Å². The monoisotopic (exact) mass is 561 g/mol. The maximum Gasteiger partial charge on any atom is 0.147 e. The molecule has 0 aliphatic carbocycles. The lowest BCUT2D eigenvalue weighted by Gasteiger charge is -2.09. The summed E-state index contributed by atoms with van der Waals surface area (Å²) in [5.74, 6) is 0. The summed E-state index contributed by atoms with van der Waals surface area (Å²) in [5, 5.41) is 15.8. The summed E-state index contributed by atoms with van der Waals surface area (Å²) in [4.78, 5) is 0. The molecule has 3 nitrogen and oxygen atoms in total. The van der Waals surface area contributed by atoms with Gasteiger partial charge in [-0.2, -0.15) is 5.26 Å². The topological polar surface area (TPSA) is 50.1 Å². The van der Waals surface area contributed by atoms with Crippen molar-refractivity contribution >= 4 is 54.6 Å². The minimum absolute atomic E-state index is 0.668. The number of hydrogen-bond donors (Lipinski definition) is 0. The van der Waals surface area contributed by atoms with E-state index in [-0.39, 0.29) is 0 Å². The number of fused-ring (bicyclic) bond motifs is 7. The molecule has 0 unspecified atom stereocenters. The molecule has 0 atom stereocenters. The first-order valence-corrected chi connectivity index (χ1v) is 14.6. The molecule has 7 aromatic carbocycles. The lowest BCUT2D eigenvalue weighted by Crippen LogP contribution is -1.84. The van der Waals surface area contributed by atoms with Crippen LogP contribution in [0.1, 0.15) is 5.56 Å². The number of furan rings is 2.